The molecule has 0 aliphatic carbocycles. The van der Waals surface area contributed by atoms with Gasteiger partial charge < -0.3 is 5.32 Å². The Balaban J connectivity index is 2.32. The van der Waals surface area contributed by atoms with Gasteiger partial charge in [0.15, 0.2) is 0 Å². The van der Waals surface area contributed by atoms with Crippen molar-refractivity contribution in [1.82, 2.24) is 14.9 Å². The summed E-state index contributed by atoms with van der Waals surface area (Å²) in [7, 11) is 0. The van der Waals surface area contributed by atoms with E-state index in [4.69, 9.17) is 0 Å². The number of aromatic nitrogens is 2. The first-order valence-electron chi connectivity index (χ1n) is 6.22. The van der Waals surface area contributed by atoms with Crippen molar-refractivity contribution in [2.24, 2.45) is 0 Å². The molecule has 1 N–H and O–H groups in total. The summed E-state index contributed by atoms with van der Waals surface area (Å²) in [5.41, 5.74) is 0.0685. The summed E-state index contributed by atoms with van der Waals surface area (Å²) in [6.07, 6.45) is 1.40. The van der Waals surface area contributed by atoms with Crippen molar-refractivity contribution < 1.29 is 4.79 Å². The number of rotatable bonds is 2. The number of fused-ring (bicyclic) bond motifs is 1. The average Bonchev–Trinajstić information content (AvgIpc) is 2.30. The monoisotopic (exact) mass is 337 g/mol. The lowest BCUT2D eigenvalue weighted by atomic mass is 10.1. The normalized spacial score (nSPS) is 11.6. The fraction of sp³-hybridized carbons (Fsp3) is 0.357. The van der Waals surface area contributed by atoms with Crippen LogP contribution in [0.2, 0.25) is 0 Å². The topological polar surface area (TPSA) is 64.0 Å². The minimum atomic E-state index is -0.324. The zero-order valence-electron chi connectivity index (χ0n) is 11.6. The van der Waals surface area contributed by atoms with Crippen LogP contribution in [0, 0.1) is 0 Å². The Bertz CT molecular complexity index is 716. The molecule has 1 amide bonds. The van der Waals surface area contributed by atoms with E-state index in [0.717, 1.165) is 4.47 Å². The maximum atomic E-state index is 12.3. The van der Waals surface area contributed by atoms with Crippen molar-refractivity contribution in [2.75, 3.05) is 0 Å². The quantitative estimate of drug-likeness (QED) is 0.912. The summed E-state index contributed by atoms with van der Waals surface area (Å²) in [5.74, 6) is -0.210. The summed E-state index contributed by atoms with van der Waals surface area (Å²) >= 11 is 3.34. The van der Waals surface area contributed by atoms with Crippen molar-refractivity contribution in [2.45, 2.75) is 32.9 Å². The zero-order chi connectivity index (χ0) is 14.9. The Labute approximate surface area is 125 Å². The van der Waals surface area contributed by atoms with E-state index in [-0.39, 0.29) is 23.6 Å². The van der Waals surface area contributed by atoms with Crippen LogP contribution < -0.4 is 10.9 Å². The molecule has 0 saturated heterocycles. The lowest BCUT2D eigenvalue weighted by Crippen LogP contribution is -2.43. The first kappa shape index (κ1) is 14.7. The van der Waals surface area contributed by atoms with Crippen molar-refractivity contribution in [3.63, 3.8) is 0 Å². The molecule has 5 nitrogen and oxygen atoms in total. The van der Waals surface area contributed by atoms with E-state index in [1.165, 1.54) is 10.9 Å². The van der Waals surface area contributed by atoms with E-state index in [9.17, 15) is 9.59 Å². The van der Waals surface area contributed by atoms with E-state index in [1.807, 2.05) is 20.8 Å². The molecule has 0 fully saturated rings. The Morgan fingerprint density at radius 1 is 1.40 bits per heavy atom. The van der Waals surface area contributed by atoms with Gasteiger partial charge in [-0.3, -0.25) is 14.2 Å². The van der Waals surface area contributed by atoms with Crippen LogP contribution in [0.4, 0.5) is 0 Å². The van der Waals surface area contributed by atoms with Gasteiger partial charge in [0, 0.05) is 10.0 Å². The summed E-state index contributed by atoms with van der Waals surface area (Å²) in [4.78, 5) is 28.3. The summed E-state index contributed by atoms with van der Waals surface area (Å²) in [6, 6.07) is 5.26. The molecule has 106 valence electrons. The Kier molecular flexibility index (Phi) is 3.94. The number of benzene rings is 1. The molecular formula is C14H16BrN3O2. The number of nitrogens with zero attached hydrogens (tertiary/aromatic N) is 2. The number of carbonyl (C=O) groups is 1. The molecule has 0 spiro atoms. The van der Waals surface area contributed by atoms with Gasteiger partial charge in [0.25, 0.3) is 5.56 Å². The highest BCUT2D eigenvalue weighted by Gasteiger charge is 2.15. The number of hydrogen-bond acceptors (Lipinski definition) is 3. The van der Waals surface area contributed by atoms with E-state index in [0.29, 0.717) is 10.9 Å². The molecule has 0 unspecified atom stereocenters. The fourth-order valence-electron chi connectivity index (χ4n) is 1.86. The number of halogens is 1. The maximum absolute atomic E-state index is 12.3. The van der Waals surface area contributed by atoms with Crippen molar-refractivity contribution in [1.29, 1.82) is 0 Å². The first-order chi connectivity index (χ1) is 9.26. The zero-order valence-corrected chi connectivity index (χ0v) is 13.2. The summed E-state index contributed by atoms with van der Waals surface area (Å²) < 4.78 is 2.18. The lowest BCUT2D eigenvalue weighted by molar-refractivity contribution is -0.123. The largest absolute Gasteiger partial charge is 0.350 e. The van der Waals surface area contributed by atoms with Gasteiger partial charge in [-0.25, -0.2) is 4.98 Å². The third-order valence-corrected chi connectivity index (χ3v) is 3.11. The molecule has 1 aromatic carbocycles. The van der Waals surface area contributed by atoms with Gasteiger partial charge in [-0.1, -0.05) is 15.9 Å². The fourth-order valence-corrected chi connectivity index (χ4v) is 2.21. The van der Waals surface area contributed by atoms with Gasteiger partial charge in [-0.05, 0) is 39.0 Å². The predicted molar refractivity (Wildman–Crippen MR) is 81.6 cm³/mol. The van der Waals surface area contributed by atoms with Gasteiger partial charge in [0.2, 0.25) is 5.91 Å². The average molecular weight is 338 g/mol. The minimum absolute atomic E-state index is 0.0326. The minimum Gasteiger partial charge on any atom is -0.350 e. The molecular weight excluding hydrogens is 322 g/mol. The van der Waals surface area contributed by atoms with E-state index < -0.39 is 0 Å². The van der Waals surface area contributed by atoms with Crippen LogP contribution in [0.1, 0.15) is 20.8 Å². The van der Waals surface area contributed by atoms with Gasteiger partial charge in [0.1, 0.15) is 6.54 Å². The van der Waals surface area contributed by atoms with Crippen LogP contribution in [-0.2, 0) is 11.3 Å². The molecule has 2 rings (SSSR count). The van der Waals surface area contributed by atoms with Crippen LogP contribution in [0.3, 0.4) is 0 Å². The van der Waals surface area contributed by atoms with Crippen LogP contribution in [0.5, 0.6) is 0 Å². The molecule has 0 radical (unpaired) electrons. The molecule has 1 heterocycles. The van der Waals surface area contributed by atoms with Gasteiger partial charge in [-0.2, -0.15) is 0 Å². The van der Waals surface area contributed by atoms with E-state index in [2.05, 4.69) is 26.2 Å². The number of carbonyl (C=O) groups excluding carboxylic acids is 1. The van der Waals surface area contributed by atoms with Crippen LogP contribution in [0.25, 0.3) is 10.9 Å². The van der Waals surface area contributed by atoms with Gasteiger partial charge >= 0.3 is 0 Å². The van der Waals surface area contributed by atoms with Gasteiger partial charge in [-0.15, -0.1) is 0 Å². The Morgan fingerprint density at radius 2 is 2.10 bits per heavy atom. The second-order valence-electron chi connectivity index (χ2n) is 5.64. The highest BCUT2D eigenvalue weighted by molar-refractivity contribution is 9.10. The third kappa shape index (κ3) is 3.45. The van der Waals surface area contributed by atoms with Crippen molar-refractivity contribution in [3.05, 3.63) is 39.4 Å². The van der Waals surface area contributed by atoms with Crippen LogP contribution in [0.15, 0.2) is 33.8 Å². The van der Waals surface area contributed by atoms with Crippen LogP contribution >= 0.6 is 15.9 Å². The highest BCUT2D eigenvalue weighted by atomic mass is 79.9. The SMILES string of the molecule is CC(C)(C)NC(=O)Cn1cnc2cc(Br)ccc2c1=O. The van der Waals surface area contributed by atoms with Crippen molar-refractivity contribution in [3.8, 4) is 0 Å². The molecule has 0 atom stereocenters. The molecule has 1 aromatic heterocycles. The molecule has 0 bridgehead atoms. The molecule has 6 heteroatoms. The van der Waals surface area contributed by atoms with Crippen LogP contribution in [-0.4, -0.2) is 21.0 Å². The Morgan fingerprint density at radius 3 is 2.75 bits per heavy atom. The van der Waals surface area contributed by atoms with E-state index >= 15 is 0 Å². The number of hydrogen-bond donors (Lipinski definition) is 1. The summed E-state index contributed by atoms with van der Waals surface area (Å²) in [5, 5.41) is 3.32. The smallest absolute Gasteiger partial charge is 0.261 e. The molecule has 0 saturated carbocycles. The van der Waals surface area contributed by atoms with E-state index in [1.54, 1.807) is 18.2 Å². The lowest BCUT2D eigenvalue weighted by Gasteiger charge is -2.20. The molecule has 2 aromatic rings. The predicted octanol–water partition coefficient (Wildman–Crippen LogP) is 2.07. The Hall–Kier alpha value is -1.69. The first-order valence-corrected chi connectivity index (χ1v) is 7.01. The second-order valence-corrected chi connectivity index (χ2v) is 6.55. The maximum Gasteiger partial charge on any atom is 0.261 e. The number of amides is 1. The molecule has 0 aliphatic rings. The van der Waals surface area contributed by atoms with Crippen molar-refractivity contribution >= 4 is 32.7 Å². The number of nitrogens with one attached hydrogen (secondary N) is 1. The molecule has 20 heavy (non-hydrogen) atoms. The molecule has 0 aliphatic heterocycles. The second kappa shape index (κ2) is 5.36. The summed E-state index contributed by atoms with van der Waals surface area (Å²) in [6.45, 7) is 5.65. The van der Waals surface area contributed by atoms with Gasteiger partial charge in [0.05, 0.1) is 17.2 Å². The standard InChI is InChI=1S/C14H16BrN3O2/c1-14(2,3)17-12(19)7-18-8-16-11-6-9(15)4-5-10(11)13(18)20/h4-6,8H,7H2,1-3H3,(H,17,19). The third-order valence-electron chi connectivity index (χ3n) is 2.62. The highest BCUT2D eigenvalue weighted by Crippen LogP contribution is 2.14.